The number of amides is 2. The van der Waals surface area contributed by atoms with Gasteiger partial charge in [-0.3, -0.25) is 9.59 Å². The Morgan fingerprint density at radius 2 is 1.87 bits per heavy atom. The third-order valence-electron chi connectivity index (χ3n) is 4.95. The normalized spacial score (nSPS) is 18.9. The van der Waals surface area contributed by atoms with Crippen LogP contribution < -0.4 is 10.1 Å². The minimum absolute atomic E-state index is 0.0253. The van der Waals surface area contributed by atoms with Crippen LogP contribution in [0, 0.1) is 0 Å². The summed E-state index contributed by atoms with van der Waals surface area (Å²) in [4.78, 5) is 25.8. The van der Waals surface area contributed by atoms with Crippen molar-refractivity contribution in [1.82, 2.24) is 4.90 Å². The maximum Gasteiger partial charge on any atom is 0.250 e. The predicted molar refractivity (Wildman–Crippen MR) is 110 cm³/mol. The maximum atomic E-state index is 12.5. The molecule has 0 aromatic heterocycles. The number of nitrogens with zero attached hydrogens (tertiary/aromatic N) is 1. The second-order valence-electron chi connectivity index (χ2n) is 6.95. The van der Waals surface area contributed by atoms with Crippen molar-refractivity contribution in [3.8, 4) is 5.75 Å². The summed E-state index contributed by atoms with van der Waals surface area (Å²) in [6, 6.07) is 14.1. The predicted octanol–water partition coefficient (Wildman–Crippen LogP) is 1.74. The van der Waals surface area contributed by atoms with Crippen LogP contribution in [0.3, 0.4) is 0 Å². The first kappa shape index (κ1) is 21.8. The van der Waals surface area contributed by atoms with E-state index in [2.05, 4.69) is 5.32 Å². The number of morpholine rings is 1. The first-order chi connectivity index (χ1) is 14.5. The highest BCUT2D eigenvalue weighted by Crippen LogP contribution is 2.31. The highest BCUT2D eigenvalue weighted by atomic mass is 16.5. The molecular weight excluding hydrogens is 388 g/mol. The van der Waals surface area contributed by atoms with Crippen LogP contribution in [0.4, 0.5) is 5.69 Å². The van der Waals surface area contributed by atoms with Gasteiger partial charge in [-0.25, -0.2) is 0 Å². The zero-order chi connectivity index (χ0) is 21.5. The minimum atomic E-state index is -0.526. The first-order valence-corrected chi connectivity index (χ1v) is 9.59. The molecule has 0 unspecified atom stereocenters. The molecule has 1 aliphatic heterocycles. The van der Waals surface area contributed by atoms with Gasteiger partial charge < -0.3 is 29.5 Å². The molecule has 160 valence electrons. The molecule has 2 aromatic carbocycles. The average Bonchev–Trinajstić information content (AvgIpc) is 2.76. The molecule has 2 amide bonds. The number of methoxy groups -OCH3 is 2. The Labute approximate surface area is 175 Å². The highest BCUT2D eigenvalue weighted by Gasteiger charge is 2.37. The Hall–Kier alpha value is -2.94. The van der Waals surface area contributed by atoms with Crippen molar-refractivity contribution in [2.75, 3.05) is 39.4 Å². The molecule has 1 heterocycles. The summed E-state index contributed by atoms with van der Waals surface area (Å²) in [5.41, 5.74) is 2.37. The van der Waals surface area contributed by atoms with Gasteiger partial charge in [0, 0.05) is 19.3 Å². The van der Waals surface area contributed by atoms with E-state index in [1.807, 2.05) is 36.4 Å². The van der Waals surface area contributed by atoms with Gasteiger partial charge in [-0.15, -0.1) is 0 Å². The summed E-state index contributed by atoms with van der Waals surface area (Å²) in [5.74, 6) is 0.314. The molecule has 0 bridgehead atoms. The molecule has 1 saturated heterocycles. The maximum absolute atomic E-state index is 12.5. The second kappa shape index (κ2) is 10.2. The second-order valence-corrected chi connectivity index (χ2v) is 6.95. The lowest BCUT2D eigenvalue weighted by Gasteiger charge is -2.40. The number of anilines is 1. The van der Waals surface area contributed by atoms with Gasteiger partial charge in [-0.05, 0) is 35.4 Å². The fourth-order valence-electron chi connectivity index (χ4n) is 3.43. The zero-order valence-corrected chi connectivity index (χ0v) is 17.0. The molecular formula is C22H26N2O6. The van der Waals surface area contributed by atoms with Gasteiger partial charge in [-0.2, -0.15) is 0 Å². The van der Waals surface area contributed by atoms with E-state index in [1.165, 1.54) is 7.11 Å². The number of aliphatic hydroxyl groups is 1. The van der Waals surface area contributed by atoms with E-state index in [-0.39, 0.29) is 31.6 Å². The van der Waals surface area contributed by atoms with E-state index in [0.29, 0.717) is 12.2 Å². The van der Waals surface area contributed by atoms with Crippen LogP contribution in [-0.4, -0.2) is 61.9 Å². The molecule has 0 aliphatic carbocycles. The minimum Gasteiger partial charge on any atom is -0.497 e. The van der Waals surface area contributed by atoms with Crippen molar-refractivity contribution < 1.29 is 28.9 Å². The topological polar surface area (TPSA) is 97.3 Å². The van der Waals surface area contributed by atoms with E-state index in [4.69, 9.17) is 14.2 Å². The summed E-state index contributed by atoms with van der Waals surface area (Å²) in [5, 5.41) is 12.8. The zero-order valence-electron chi connectivity index (χ0n) is 17.0. The summed E-state index contributed by atoms with van der Waals surface area (Å²) in [6.45, 7) is 0.0319. The Morgan fingerprint density at radius 3 is 2.47 bits per heavy atom. The van der Waals surface area contributed by atoms with E-state index in [0.717, 1.165) is 16.9 Å². The number of rotatable bonds is 8. The molecule has 0 radical (unpaired) electrons. The van der Waals surface area contributed by atoms with Crippen LogP contribution in [0.2, 0.25) is 0 Å². The van der Waals surface area contributed by atoms with Crippen molar-refractivity contribution in [3.63, 3.8) is 0 Å². The fourth-order valence-corrected chi connectivity index (χ4v) is 3.43. The molecule has 3 rings (SSSR count). The summed E-state index contributed by atoms with van der Waals surface area (Å²) >= 11 is 0. The van der Waals surface area contributed by atoms with Gasteiger partial charge in [-0.1, -0.05) is 24.3 Å². The van der Waals surface area contributed by atoms with Crippen LogP contribution in [0.1, 0.15) is 17.2 Å². The summed E-state index contributed by atoms with van der Waals surface area (Å²) < 4.78 is 15.7. The fraction of sp³-hybridized carbons (Fsp3) is 0.364. The number of hydrogen-bond acceptors (Lipinski definition) is 6. The Balaban J connectivity index is 1.74. The van der Waals surface area contributed by atoms with Crippen LogP contribution in [0.25, 0.3) is 0 Å². The lowest BCUT2D eigenvalue weighted by molar-refractivity contribution is -0.162. The van der Waals surface area contributed by atoms with Gasteiger partial charge in [0.25, 0.3) is 0 Å². The largest absolute Gasteiger partial charge is 0.497 e. The van der Waals surface area contributed by atoms with E-state index in [1.54, 1.807) is 24.1 Å². The number of nitrogens with one attached hydrogen (secondary N) is 1. The third kappa shape index (κ3) is 5.15. The van der Waals surface area contributed by atoms with Crippen molar-refractivity contribution in [2.24, 2.45) is 0 Å². The van der Waals surface area contributed by atoms with Gasteiger partial charge in [0.2, 0.25) is 11.8 Å². The lowest BCUT2D eigenvalue weighted by atomic mass is 9.98. The molecule has 2 aromatic rings. The van der Waals surface area contributed by atoms with Gasteiger partial charge in [0.05, 0.1) is 19.8 Å². The number of benzene rings is 2. The number of ether oxygens (including phenoxy) is 3. The van der Waals surface area contributed by atoms with E-state index < -0.39 is 12.1 Å². The molecule has 0 saturated carbocycles. The lowest BCUT2D eigenvalue weighted by Crippen LogP contribution is -2.52. The molecule has 2 atom stereocenters. The third-order valence-corrected chi connectivity index (χ3v) is 4.95. The van der Waals surface area contributed by atoms with Crippen molar-refractivity contribution in [2.45, 2.75) is 18.7 Å². The van der Waals surface area contributed by atoms with Gasteiger partial charge in [0.1, 0.15) is 25.1 Å². The quantitative estimate of drug-likeness (QED) is 0.683. The Bertz CT molecular complexity index is 853. The SMILES string of the molecule is COCC(=O)Nc1ccc([C@H]2OCC(=O)N(Cc3ccc(OC)cc3)[C@@H]2CO)cc1. The molecule has 1 fully saturated rings. The van der Waals surface area contributed by atoms with E-state index in [9.17, 15) is 14.7 Å². The molecule has 30 heavy (non-hydrogen) atoms. The smallest absolute Gasteiger partial charge is 0.250 e. The highest BCUT2D eigenvalue weighted by molar-refractivity contribution is 5.91. The van der Waals surface area contributed by atoms with Gasteiger partial charge >= 0.3 is 0 Å². The van der Waals surface area contributed by atoms with Crippen LogP contribution in [-0.2, 0) is 25.6 Å². The molecule has 8 nitrogen and oxygen atoms in total. The number of carbonyl (C=O) groups excluding carboxylic acids is 2. The number of hydrogen-bond donors (Lipinski definition) is 2. The van der Waals surface area contributed by atoms with Crippen molar-refractivity contribution in [1.29, 1.82) is 0 Å². The van der Waals surface area contributed by atoms with Crippen LogP contribution in [0.15, 0.2) is 48.5 Å². The standard InChI is InChI=1S/C22H26N2O6/c1-28-13-20(26)23-17-7-5-16(6-8-17)22-19(12-25)24(21(27)14-30-22)11-15-3-9-18(29-2)10-4-15/h3-10,19,22,25H,11-14H2,1-2H3,(H,23,26)/t19-,22-/m1/s1. The molecule has 2 N–H and O–H groups in total. The van der Waals surface area contributed by atoms with Crippen LogP contribution >= 0.6 is 0 Å². The Morgan fingerprint density at radius 1 is 1.17 bits per heavy atom. The number of carbonyl (C=O) groups is 2. The monoisotopic (exact) mass is 414 g/mol. The van der Waals surface area contributed by atoms with Crippen LogP contribution in [0.5, 0.6) is 5.75 Å². The van der Waals surface area contributed by atoms with Crippen molar-refractivity contribution in [3.05, 3.63) is 59.7 Å². The summed E-state index contributed by atoms with van der Waals surface area (Å²) in [6.07, 6.45) is -0.477. The average molecular weight is 414 g/mol. The molecule has 1 aliphatic rings. The summed E-state index contributed by atoms with van der Waals surface area (Å²) in [7, 11) is 3.05. The van der Waals surface area contributed by atoms with Crippen molar-refractivity contribution >= 4 is 17.5 Å². The first-order valence-electron chi connectivity index (χ1n) is 9.59. The molecule has 0 spiro atoms. The molecule has 8 heteroatoms. The van der Waals surface area contributed by atoms with Gasteiger partial charge in [0.15, 0.2) is 0 Å². The Kier molecular flexibility index (Phi) is 7.40. The van der Waals surface area contributed by atoms with E-state index >= 15 is 0 Å². The number of aliphatic hydroxyl groups excluding tert-OH is 1.